The first-order valence-corrected chi connectivity index (χ1v) is 12.9. The summed E-state index contributed by atoms with van der Waals surface area (Å²) in [6, 6.07) is 14.9. The highest BCUT2D eigenvalue weighted by molar-refractivity contribution is 6.31. The summed E-state index contributed by atoms with van der Waals surface area (Å²) >= 11 is 6.31. The van der Waals surface area contributed by atoms with Crippen LogP contribution in [0.25, 0.3) is 0 Å². The minimum atomic E-state index is 0.00754. The summed E-state index contributed by atoms with van der Waals surface area (Å²) in [5, 5.41) is 0.607. The van der Waals surface area contributed by atoms with Crippen LogP contribution < -0.4 is 4.74 Å². The van der Waals surface area contributed by atoms with Crippen LogP contribution in [0.5, 0.6) is 5.75 Å². The molecular formula is C28H35ClN2O4. The molecule has 5 rings (SSSR count). The molecule has 3 aliphatic heterocycles. The average molecular weight is 499 g/mol. The van der Waals surface area contributed by atoms with E-state index in [1.54, 1.807) is 7.11 Å². The number of benzene rings is 2. The van der Waals surface area contributed by atoms with Crippen molar-refractivity contribution < 1.29 is 19.1 Å². The van der Waals surface area contributed by atoms with Crippen LogP contribution in [0.15, 0.2) is 48.5 Å². The van der Waals surface area contributed by atoms with Crippen LogP contribution in [0.4, 0.5) is 0 Å². The van der Waals surface area contributed by atoms with E-state index in [1.807, 2.05) is 58.3 Å². The van der Waals surface area contributed by atoms with Crippen molar-refractivity contribution in [3.05, 3.63) is 64.7 Å². The molecule has 3 heterocycles. The molecule has 0 N–H and O–H groups in total. The molecule has 0 atom stereocenters. The van der Waals surface area contributed by atoms with Gasteiger partial charge in [-0.15, -0.1) is 0 Å². The molecule has 0 unspecified atom stereocenters. The lowest BCUT2D eigenvalue weighted by Crippen LogP contribution is -2.45. The van der Waals surface area contributed by atoms with Gasteiger partial charge in [-0.2, -0.15) is 0 Å². The first-order chi connectivity index (χ1) is 17.0. The Morgan fingerprint density at radius 3 is 2.51 bits per heavy atom. The number of amides is 2. The molecule has 0 spiro atoms. The van der Waals surface area contributed by atoms with Crippen LogP contribution >= 0.6 is 11.6 Å². The zero-order chi connectivity index (χ0) is 24.7. The number of halogens is 1. The molecule has 2 aromatic carbocycles. The van der Waals surface area contributed by atoms with Crippen LogP contribution in [0.1, 0.15) is 48.0 Å². The molecule has 0 saturated carbocycles. The van der Waals surface area contributed by atoms with Gasteiger partial charge in [0.15, 0.2) is 0 Å². The average Bonchev–Trinajstić information content (AvgIpc) is 2.87. The Kier molecular flexibility index (Phi) is 8.69. The lowest BCUT2D eigenvalue weighted by molar-refractivity contribution is -0.131. The van der Waals surface area contributed by atoms with Gasteiger partial charge in [0.25, 0.3) is 5.91 Å². The van der Waals surface area contributed by atoms with Gasteiger partial charge in [0.1, 0.15) is 12.4 Å². The maximum Gasteiger partial charge on any atom is 0.257 e. The lowest BCUT2D eigenvalue weighted by atomic mass is 9.75. The zero-order valence-electron chi connectivity index (χ0n) is 20.5. The molecule has 1 fully saturated rings. The third-order valence-corrected chi connectivity index (χ3v) is 7.70. The van der Waals surface area contributed by atoms with E-state index in [0.717, 1.165) is 50.8 Å². The van der Waals surface area contributed by atoms with E-state index in [9.17, 15) is 9.59 Å². The molecular weight excluding hydrogens is 464 g/mol. The normalized spacial score (nSPS) is 18.9. The van der Waals surface area contributed by atoms with Crippen LogP contribution in [0.2, 0.25) is 5.02 Å². The van der Waals surface area contributed by atoms with Crippen LogP contribution in [-0.2, 0) is 16.0 Å². The molecule has 0 radical (unpaired) electrons. The van der Waals surface area contributed by atoms with Crippen molar-refractivity contribution in [3.8, 4) is 5.75 Å². The third kappa shape index (κ3) is 6.36. The summed E-state index contributed by atoms with van der Waals surface area (Å²) in [5.74, 6) is 0.613. The molecule has 0 aromatic heterocycles. The summed E-state index contributed by atoms with van der Waals surface area (Å²) in [7, 11) is 1.75. The minimum Gasteiger partial charge on any atom is -0.491 e. The highest BCUT2D eigenvalue weighted by atomic mass is 35.5. The molecule has 188 valence electrons. The number of piperidine rings is 1. The Morgan fingerprint density at radius 2 is 1.74 bits per heavy atom. The van der Waals surface area contributed by atoms with Gasteiger partial charge >= 0.3 is 0 Å². The molecule has 3 aliphatic rings. The number of carbonyl (C=O) groups is 2. The number of hydrogen-bond acceptors (Lipinski definition) is 4. The fourth-order valence-corrected chi connectivity index (χ4v) is 5.45. The van der Waals surface area contributed by atoms with Gasteiger partial charge in [0, 0.05) is 31.8 Å². The van der Waals surface area contributed by atoms with Gasteiger partial charge in [0.2, 0.25) is 5.91 Å². The summed E-state index contributed by atoms with van der Waals surface area (Å²) in [4.78, 5) is 30.4. The molecule has 2 bridgehead atoms. The van der Waals surface area contributed by atoms with Gasteiger partial charge in [-0.1, -0.05) is 48.4 Å². The second-order valence-corrected chi connectivity index (χ2v) is 10.1. The second-order valence-electron chi connectivity index (χ2n) is 9.68. The van der Waals surface area contributed by atoms with Crippen LogP contribution in [0.3, 0.4) is 0 Å². The lowest BCUT2D eigenvalue weighted by Gasteiger charge is -2.41. The fraction of sp³-hybridized carbons (Fsp3) is 0.500. The minimum absolute atomic E-state index is 0.00754. The highest BCUT2D eigenvalue weighted by Gasteiger charge is 2.36. The monoisotopic (exact) mass is 498 g/mol. The number of fused-ring (bicyclic) bond motifs is 9. The first-order valence-electron chi connectivity index (χ1n) is 12.5. The number of nitrogens with zero attached hydrogens (tertiary/aromatic N) is 2. The number of carbonyl (C=O) groups excluding carboxylic acids is 2. The van der Waals surface area contributed by atoms with E-state index in [2.05, 4.69) is 0 Å². The van der Waals surface area contributed by atoms with Gasteiger partial charge in [0.05, 0.1) is 25.1 Å². The maximum atomic E-state index is 13.3. The summed E-state index contributed by atoms with van der Waals surface area (Å²) in [5.41, 5.74) is 1.49. The number of ether oxygens (including phenoxy) is 2. The molecule has 35 heavy (non-hydrogen) atoms. The third-order valence-electron chi connectivity index (χ3n) is 7.34. The highest BCUT2D eigenvalue weighted by Crippen LogP contribution is 2.38. The Morgan fingerprint density at radius 1 is 1.00 bits per heavy atom. The van der Waals surface area contributed by atoms with Gasteiger partial charge in [-0.05, 0) is 54.9 Å². The number of rotatable bonds is 4. The van der Waals surface area contributed by atoms with Crippen molar-refractivity contribution in [1.29, 1.82) is 0 Å². The number of para-hydroxylation sites is 1. The van der Waals surface area contributed by atoms with Crippen LogP contribution in [0, 0.1) is 5.41 Å². The fourth-order valence-electron chi connectivity index (χ4n) is 5.24. The zero-order valence-corrected chi connectivity index (χ0v) is 21.3. The predicted octanol–water partition coefficient (Wildman–Crippen LogP) is 4.84. The molecule has 2 amide bonds. The van der Waals surface area contributed by atoms with Crippen molar-refractivity contribution in [1.82, 2.24) is 9.80 Å². The smallest absolute Gasteiger partial charge is 0.257 e. The molecule has 1 saturated heterocycles. The van der Waals surface area contributed by atoms with Crippen molar-refractivity contribution >= 4 is 23.4 Å². The van der Waals surface area contributed by atoms with E-state index in [0.29, 0.717) is 42.6 Å². The Balaban J connectivity index is 1.54. The molecule has 7 heteroatoms. The summed E-state index contributed by atoms with van der Waals surface area (Å²) < 4.78 is 11.7. The van der Waals surface area contributed by atoms with Gasteiger partial charge < -0.3 is 19.3 Å². The number of methoxy groups -OCH3 is 1. The van der Waals surface area contributed by atoms with Crippen molar-refractivity contribution in [2.24, 2.45) is 5.41 Å². The van der Waals surface area contributed by atoms with Gasteiger partial charge in [-0.3, -0.25) is 9.59 Å². The first kappa shape index (κ1) is 25.5. The molecule has 2 aromatic rings. The van der Waals surface area contributed by atoms with Gasteiger partial charge in [-0.25, -0.2) is 0 Å². The largest absolute Gasteiger partial charge is 0.491 e. The van der Waals surface area contributed by atoms with Crippen LogP contribution in [-0.4, -0.2) is 68.1 Å². The molecule has 6 nitrogen and oxygen atoms in total. The maximum absolute atomic E-state index is 13.3. The topological polar surface area (TPSA) is 59.1 Å². The van der Waals surface area contributed by atoms with E-state index in [-0.39, 0.29) is 23.7 Å². The standard InChI is InChI=1S/C28H35ClN2O4/c1-34-21-28-12-6-7-15-30(26(32)20-22-8-2-4-10-24(22)29)18-19-35-25-11-5-3-9-23(25)27(33)31(16-13-28)17-14-28/h2-5,8-11H,6-7,12-21H2,1H3. The quantitative estimate of drug-likeness (QED) is 0.605. The van der Waals surface area contributed by atoms with E-state index >= 15 is 0 Å². The Hall–Kier alpha value is -2.57. The summed E-state index contributed by atoms with van der Waals surface area (Å²) in [6.07, 6.45) is 5.06. The molecule has 0 aliphatic carbocycles. The Bertz CT molecular complexity index is 1020. The van der Waals surface area contributed by atoms with Crippen molar-refractivity contribution in [3.63, 3.8) is 0 Å². The van der Waals surface area contributed by atoms with E-state index in [1.165, 1.54) is 0 Å². The second kappa shape index (κ2) is 11.9. The van der Waals surface area contributed by atoms with E-state index in [4.69, 9.17) is 21.1 Å². The van der Waals surface area contributed by atoms with Crippen molar-refractivity contribution in [2.45, 2.75) is 38.5 Å². The predicted molar refractivity (Wildman–Crippen MR) is 137 cm³/mol. The SMILES string of the molecule is COCC12CCCCN(C(=O)Cc3ccccc3Cl)CCOc3ccccc3C(=O)N(CC1)CC2. The Labute approximate surface area is 213 Å². The van der Waals surface area contributed by atoms with E-state index < -0.39 is 0 Å². The van der Waals surface area contributed by atoms with Crippen molar-refractivity contribution in [2.75, 3.05) is 46.5 Å². The number of hydrogen-bond donors (Lipinski definition) is 0. The summed E-state index contributed by atoms with van der Waals surface area (Å²) in [6.45, 7) is 3.59.